The van der Waals surface area contributed by atoms with Crippen LogP contribution in [0.3, 0.4) is 0 Å². The summed E-state index contributed by atoms with van der Waals surface area (Å²) in [7, 11) is 0. The molecule has 3 aromatic rings. The molecule has 2 N–H and O–H groups in total. The van der Waals surface area contributed by atoms with Crippen LogP contribution in [-0.4, -0.2) is 29.8 Å². The molecule has 0 unspecified atom stereocenters. The van der Waals surface area contributed by atoms with Crippen LogP contribution in [0.4, 0.5) is 11.4 Å². The molecule has 30 heavy (non-hydrogen) atoms. The highest BCUT2D eigenvalue weighted by Crippen LogP contribution is 2.29. The molecule has 1 fully saturated rings. The molecule has 5 nitrogen and oxygen atoms in total. The summed E-state index contributed by atoms with van der Waals surface area (Å²) in [6.07, 6.45) is 3.75. The number of nitrogens with zero attached hydrogens (tertiary/aromatic N) is 3. The van der Waals surface area contributed by atoms with Gasteiger partial charge in [0.1, 0.15) is 6.07 Å². The van der Waals surface area contributed by atoms with Gasteiger partial charge in [0.2, 0.25) is 0 Å². The molecule has 5 heteroatoms. The van der Waals surface area contributed by atoms with E-state index in [1.165, 1.54) is 11.3 Å². The second-order valence-corrected chi connectivity index (χ2v) is 8.27. The van der Waals surface area contributed by atoms with Crippen LogP contribution in [0.5, 0.6) is 0 Å². The van der Waals surface area contributed by atoms with Crippen molar-refractivity contribution in [1.29, 1.82) is 5.26 Å². The smallest absolute Gasteiger partial charge is 0.103 e. The molecule has 2 heterocycles. The maximum Gasteiger partial charge on any atom is 0.103 e. The van der Waals surface area contributed by atoms with Gasteiger partial charge in [-0.05, 0) is 61.9 Å². The number of pyridine rings is 1. The number of aliphatic hydroxyl groups excluding tert-OH is 1. The SMILES string of the molecule is Cc1cc(C)c2ncc(C#N)c(NCc3ccc(N4CCC(CO)CC4)cc3)c2c1. The monoisotopic (exact) mass is 400 g/mol. The van der Waals surface area contributed by atoms with Crippen LogP contribution >= 0.6 is 0 Å². The second kappa shape index (κ2) is 8.73. The van der Waals surface area contributed by atoms with E-state index in [1.54, 1.807) is 6.20 Å². The Labute approximate surface area is 178 Å². The van der Waals surface area contributed by atoms with Gasteiger partial charge in [-0.3, -0.25) is 4.98 Å². The molecule has 0 amide bonds. The van der Waals surface area contributed by atoms with Crippen molar-refractivity contribution in [3.05, 3.63) is 64.8 Å². The lowest BCUT2D eigenvalue weighted by Gasteiger charge is -2.33. The number of aliphatic hydroxyl groups is 1. The van der Waals surface area contributed by atoms with Crippen molar-refractivity contribution in [3.63, 3.8) is 0 Å². The number of hydrogen-bond donors (Lipinski definition) is 2. The van der Waals surface area contributed by atoms with Crippen LogP contribution in [-0.2, 0) is 6.54 Å². The van der Waals surface area contributed by atoms with Gasteiger partial charge in [0.15, 0.2) is 0 Å². The van der Waals surface area contributed by atoms with Gasteiger partial charge in [0.25, 0.3) is 0 Å². The van der Waals surface area contributed by atoms with Gasteiger partial charge in [0.05, 0.1) is 16.8 Å². The molecule has 0 aliphatic carbocycles. The molecule has 4 rings (SSSR count). The molecule has 1 saturated heterocycles. The standard InChI is InChI=1S/C25H28N4O/c1-17-11-18(2)24-23(12-17)25(21(13-26)15-28-24)27-14-19-3-5-22(6-4-19)29-9-7-20(16-30)8-10-29/h3-6,11-12,15,20,30H,7-10,14,16H2,1-2H3,(H,27,28). The Morgan fingerprint density at radius 2 is 1.90 bits per heavy atom. The van der Waals surface area contributed by atoms with Crippen molar-refractivity contribution < 1.29 is 5.11 Å². The number of nitrogens with one attached hydrogen (secondary N) is 1. The predicted octanol–water partition coefficient (Wildman–Crippen LogP) is 4.54. The number of hydrogen-bond acceptors (Lipinski definition) is 5. The average molecular weight is 401 g/mol. The fourth-order valence-corrected chi connectivity index (χ4v) is 4.32. The number of aromatic nitrogens is 1. The lowest BCUT2D eigenvalue weighted by Crippen LogP contribution is -2.34. The molecular formula is C25H28N4O. The number of nitriles is 1. The number of aryl methyl sites for hydroxylation is 2. The first-order chi connectivity index (χ1) is 14.6. The zero-order chi connectivity index (χ0) is 21.1. The summed E-state index contributed by atoms with van der Waals surface area (Å²) in [5, 5.41) is 23.4. The Hall–Kier alpha value is -3.10. The summed E-state index contributed by atoms with van der Waals surface area (Å²) >= 11 is 0. The Kier molecular flexibility index (Phi) is 5.87. The van der Waals surface area contributed by atoms with E-state index in [-0.39, 0.29) is 0 Å². The zero-order valence-electron chi connectivity index (χ0n) is 17.7. The maximum absolute atomic E-state index is 9.58. The van der Waals surface area contributed by atoms with Gasteiger partial charge in [-0.25, -0.2) is 0 Å². The minimum atomic E-state index is 0.297. The van der Waals surface area contributed by atoms with E-state index in [0.717, 1.165) is 53.6 Å². The van der Waals surface area contributed by atoms with Crippen molar-refractivity contribution in [2.75, 3.05) is 29.9 Å². The van der Waals surface area contributed by atoms with Crippen molar-refractivity contribution in [3.8, 4) is 6.07 Å². The van der Waals surface area contributed by atoms with Crippen LogP contribution < -0.4 is 10.2 Å². The van der Waals surface area contributed by atoms with Crippen LogP contribution in [0.25, 0.3) is 10.9 Å². The molecule has 154 valence electrons. The number of benzene rings is 2. The second-order valence-electron chi connectivity index (χ2n) is 8.27. The van der Waals surface area contributed by atoms with Gasteiger partial charge in [-0.1, -0.05) is 23.8 Å². The summed E-state index contributed by atoms with van der Waals surface area (Å²) in [4.78, 5) is 6.89. The Bertz CT molecular complexity index is 1080. The summed E-state index contributed by atoms with van der Waals surface area (Å²) in [5.74, 6) is 0.446. The van der Waals surface area contributed by atoms with Crippen LogP contribution in [0, 0.1) is 31.1 Å². The minimum Gasteiger partial charge on any atom is -0.396 e. The number of rotatable bonds is 5. The first-order valence-electron chi connectivity index (χ1n) is 10.6. The normalized spacial score (nSPS) is 14.7. The topological polar surface area (TPSA) is 72.2 Å². The molecule has 1 aromatic heterocycles. The molecule has 1 aliphatic rings. The lowest BCUT2D eigenvalue weighted by atomic mass is 9.97. The Morgan fingerprint density at radius 3 is 2.57 bits per heavy atom. The lowest BCUT2D eigenvalue weighted by molar-refractivity contribution is 0.203. The molecule has 1 aliphatic heterocycles. The molecule has 0 saturated carbocycles. The Balaban J connectivity index is 1.51. The molecule has 2 aromatic carbocycles. The van der Waals surface area contributed by atoms with Crippen molar-refractivity contribution in [2.24, 2.45) is 5.92 Å². The van der Waals surface area contributed by atoms with Crippen molar-refractivity contribution in [2.45, 2.75) is 33.2 Å². The van der Waals surface area contributed by atoms with Crippen molar-refractivity contribution >= 4 is 22.3 Å². The number of fused-ring (bicyclic) bond motifs is 1. The van der Waals surface area contributed by atoms with E-state index in [9.17, 15) is 10.4 Å². The minimum absolute atomic E-state index is 0.297. The first-order valence-corrected chi connectivity index (χ1v) is 10.6. The van der Waals surface area contributed by atoms with E-state index < -0.39 is 0 Å². The third-order valence-electron chi connectivity index (χ3n) is 6.07. The summed E-state index contributed by atoms with van der Waals surface area (Å²) < 4.78 is 0. The summed E-state index contributed by atoms with van der Waals surface area (Å²) in [5.41, 5.74) is 7.03. The van der Waals surface area contributed by atoms with Gasteiger partial charge >= 0.3 is 0 Å². The van der Waals surface area contributed by atoms with E-state index in [1.807, 2.05) is 0 Å². The molecule has 0 radical (unpaired) electrons. The maximum atomic E-state index is 9.58. The fraction of sp³-hybridized carbons (Fsp3) is 0.360. The van der Waals surface area contributed by atoms with Crippen molar-refractivity contribution in [1.82, 2.24) is 4.98 Å². The molecule has 0 spiro atoms. The van der Waals surface area contributed by atoms with Crippen LogP contribution in [0.2, 0.25) is 0 Å². The molecule has 0 atom stereocenters. The van der Waals surface area contributed by atoms with Gasteiger partial charge in [-0.2, -0.15) is 5.26 Å². The summed E-state index contributed by atoms with van der Waals surface area (Å²) in [6.45, 7) is 7.06. The largest absolute Gasteiger partial charge is 0.396 e. The van der Waals surface area contributed by atoms with Crippen LogP contribution in [0.1, 0.15) is 35.1 Å². The fourth-order valence-electron chi connectivity index (χ4n) is 4.32. The highest BCUT2D eigenvalue weighted by atomic mass is 16.3. The highest BCUT2D eigenvalue weighted by molar-refractivity contribution is 5.96. The van der Waals surface area contributed by atoms with Gasteiger partial charge in [0, 0.05) is 43.5 Å². The Morgan fingerprint density at radius 1 is 1.17 bits per heavy atom. The third-order valence-corrected chi connectivity index (χ3v) is 6.07. The third kappa shape index (κ3) is 4.10. The van der Waals surface area contributed by atoms with E-state index in [0.29, 0.717) is 24.6 Å². The van der Waals surface area contributed by atoms with Gasteiger partial charge < -0.3 is 15.3 Å². The predicted molar refractivity (Wildman–Crippen MR) is 122 cm³/mol. The zero-order valence-corrected chi connectivity index (χ0v) is 17.7. The van der Waals surface area contributed by atoms with E-state index >= 15 is 0 Å². The van der Waals surface area contributed by atoms with E-state index in [2.05, 4.69) is 71.5 Å². The first kappa shape index (κ1) is 20.2. The quantitative estimate of drug-likeness (QED) is 0.658. The van der Waals surface area contributed by atoms with Gasteiger partial charge in [-0.15, -0.1) is 0 Å². The van der Waals surface area contributed by atoms with Crippen LogP contribution in [0.15, 0.2) is 42.6 Å². The summed E-state index contributed by atoms with van der Waals surface area (Å²) in [6, 6.07) is 15.1. The average Bonchev–Trinajstić information content (AvgIpc) is 2.77. The molecular weight excluding hydrogens is 372 g/mol. The number of anilines is 2. The van der Waals surface area contributed by atoms with E-state index in [4.69, 9.17) is 0 Å². The number of piperidine rings is 1. The highest BCUT2D eigenvalue weighted by Gasteiger charge is 2.18. The molecule has 0 bridgehead atoms.